The van der Waals surface area contributed by atoms with Crippen LogP contribution >= 0.6 is 23.2 Å². The second kappa shape index (κ2) is 8.55. The molecule has 0 atom stereocenters. The van der Waals surface area contributed by atoms with E-state index in [1.165, 1.54) is 31.4 Å². The number of amides is 1. The molecule has 0 radical (unpaired) electrons. The van der Waals surface area contributed by atoms with Crippen LogP contribution in [0.1, 0.15) is 10.4 Å². The third-order valence-electron chi connectivity index (χ3n) is 3.28. The molecule has 0 saturated heterocycles. The van der Waals surface area contributed by atoms with Gasteiger partial charge in [0, 0.05) is 36.5 Å². The van der Waals surface area contributed by atoms with Gasteiger partial charge in [-0.2, -0.15) is 0 Å². The van der Waals surface area contributed by atoms with Crippen molar-refractivity contribution in [1.29, 1.82) is 0 Å². The van der Waals surface area contributed by atoms with Crippen LogP contribution in [0.25, 0.3) is 0 Å². The molecule has 7 nitrogen and oxygen atoms in total. The first-order chi connectivity index (χ1) is 11.9. The van der Waals surface area contributed by atoms with E-state index in [9.17, 15) is 14.9 Å². The zero-order valence-electron chi connectivity index (χ0n) is 13.2. The summed E-state index contributed by atoms with van der Waals surface area (Å²) < 4.78 is 5.03. The van der Waals surface area contributed by atoms with E-state index in [0.717, 1.165) is 5.69 Å². The first kappa shape index (κ1) is 18.8. The van der Waals surface area contributed by atoms with Gasteiger partial charge >= 0.3 is 0 Å². The maximum Gasteiger partial charge on any atom is 0.269 e. The lowest BCUT2D eigenvalue weighted by Crippen LogP contribution is -2.28. The Hall–Kier alpha value is -2.51. The number of nitro benzene ring substituents is 1. The van der Waals surface area contributed by atoms with Crippen molar-refractivity contribution >= 4 is 40.5 Å². The topological polar surface area (TPSA) is 93.5 Å². The van der Waals surface area contributed by atoms with Gasteiger partial charge in [0.05, 0.1) is 22.1 Å². The predicted octanol–water partition coefficient (Wildman–Crippen LogP) is 3.75. The van der Waals surface area contributed by atoms with Crippen LogP contribution < -0.4 is 15.4 Å². The van der Waals surface area contributed by atoms with Crippen LogP contribution in [0.5, 0.6) is 5.75 Å². The number of ether oxygens (including phenoxy) is 1. The maximum atomic E-state index is 12.1. The van der Waals surface area contributed by atoms with E-state index in [1.54, 1.807) is 12.1 Å². The molecule has 2 rings (SSSR count). The molecule has 9 heteroatoms. The Labute approximate surface area is 154 Å². The van der Waals surface area contributed by atoms with Gasteiger partial charge in [-0.25, -0.2) is 0 Å². The summed E-state index contributed by atoms with van der Waals surface area (Å²) >= 11 is 12.0. The largest absolute Gasteiger partial charge is 0.494 e. The lowest BCUT2D eigenvalue weighted by atomic mass is 10.2. The molecule has 2 N–H and O–H groups in total. The molecule has 0 aromatic heterocycles. The second-order valence-electron chi connectivity index (χ2n) is 4.96. The summed E-state index contributed by atoms with van der Waals surface area (Å²) in [7, 11) is 1.44. The van der Waals surface area contributed by atoms with Crippen molar-refractivity contribution in [2.45, 2.75) is 0 Å². The molecule has 132 valence electrons. The number of nitrogens with zero attached hydrogens (tertiary/aromatic N) is 1. The lowest BCUT2D eigenvalue weighted by Gasteiger charge is -2.10. The number of hydrogen-bond donors (Lipinski definition) is 2. The molecule has 2 aromatic carbocycles. The van der Waals surface area contributed by atoms with Gasteiger partial charge in [0.15, 0.2) is 5.75 Å². The highest BCUT2D eigenvalue weighted by Gasteiger charge is 2.13. The van der Waals surface area contributed by atoms with Crippen molar-refractivity contribution in [3.05, 3.63) is 62.1 Å². The van der Waals surface area contributed by atoms with Crippen molar-refractivity contribution in [2.75, 3.05) is 25.5 Å². The van der Waals surface area contributed by atoms with Crippen LogP contribution in [0.4, 0.5) is 11.4 Å². The summed E-state index contributed by atoms with van der Waals surface area (Å²) in [6.07, 6.45) is 0. The van der Waals surface area contributed by atoms with Crippen LogP contribution in [-0.4, -0.2) is 31.0 Å². The third kappa shape index (κ3) is 4.98. The van der Waals surface area contributed by atoms with Crippen LogP contribution in [0.15, 0.2) is 36.4 Å². The molecule has 25 heavy (non-hydrogen) atoms. The number of methoxy groups -OCH3 is 1. The van der Waals surface area contributed by atoms with E-state index in [0.29, 0.717) is 24.4 Å². The van der Waals surface area contributed by atoms with Gasteiger partial charge in [-0.15, -0.1) is 0 Å². The first-order valence-corrected chi connectivity index (χ1v) is 7.97. The fourth-order valence-electron chi connectivity index (χ4n) is 2.07. The van der Waals surface area contributed by atoms with Gasteiger partial charge in [0.2, 0.25) is 0 Å². The maximum absolute atomic E-state index is 12.1. The van der Waals surface area contributed by atoms with Gasteiger partial charge in [-0.1, -0.05) is 23.2 Å². The molecule has 2 aromatic rings. The Morgan fingerprint density at radius 3 is 2.28 bits per heavy atom. The molecule has 0 aliphatic heterocycles. The summed E-state index contributed by atoms with van der Waals surface area (Å²) in [6.45, 7) is 0.790. The molecular formula is C16H15Cl2N3O4. The zero-order valence-corrected chi connectivity index (χ0v) is 14.7. The minimum Gasteiger partial charge on any atom is -0.494 e. The standard InChI is InChI=1S/C16H15Cl2N3O4/c1-25-15-13(17)8-10(9-14(15)18)16(22)20-7-6-19-11-2-4-12(5-3-11)21(23)24/h2-5,8-9,19H,6-7H2,1H3,(H,20,22). The minimum absolute atomic E-state index is 0.0205. The van der Waals surface area contributed by atoms with E-state index in [2.05, 4.69) is 10.6 Å². The zero-order chi connectivity index (χ0) is 18.4. The molecule has 0 unspecified atom stereocenters. The second-order valence-corrected chi connectivity index (χ2v) is 5.77. The molecule has 0 aliphatic carbocycles. The molecule has 0 heterocycles. The van der Waals surface area contributed by atoms with Crippen molar-refractivity contribution in [3.8, 4) is 5.75 Å². The van der Waals surface area contributed by atoms with Crippen LogP contribution in [0, 0.1) is 10.1 Å². The molecule has 0 spiro atoms. The molecule has 0 saturated carbocycles. The highest BCUT2D eigenvalue weighted by atomic mass is 35.5. The van der Waals surface area contributed by atoms with Gasteiger partial charge in [0.25, 0.3) is 11.6 Å². The van der Waals surface area contributed by atoms with Crippen molar-refractivity contribution in [1.82, 2.24) is 5.32 Å². The van der Waals surface area contributed by atoms with Crippen LogP contribution in [0.3, 0.4) is 0 Å². The smallest absolute Gasteiger partial charge is 0.269 e. The first-order valence-electron chi connectivity index (χ1n) is 7.22. The van der Waals surface area contributed by atoms with Gasteiger partial charge < -0.3 is 15.4 Å². The molecule has 0 fully saturated rings. The third-order valence-corrected chi connectivity index (χ3v) is 3.84. The SMILES string of the molecule is COc1c(Cl)cc(C(=O)NCCNc2ccc([N+](=O)[O-])cc2)cc1Cl. The van der Waals surface area contributed by atoms with Gasteiger partial charge in [0.1, 0.15) is 0 Å². The molecular weight excluding hydrogens is 369 g/mol. The van der Waals surface area contributed by atoms with E-state index in [-0.39, 0.29) is 21.6 Å². The summed E-state index contributed by atoms with van der Waals surface area (Å²) in [5.41, 5.74) is 1.06. The monoisotopic (exact) mass is 383 g/mol. The van der Waals surface area contributed by atoms with Crippen molar-refractivity contribution in [3.63, 3.8) is 0 Å². The van der Waals surface area contributed by atoms with Crippen LogP contribution in [-0.2, 0) is 0 Å². The normalized spacial score (nSPS) is 10.2. The molecule has 0 bridgehead atoms. The summed E-state index contributed by atoms with van der Waals surface area (Å²) in [4.78, 5) is 22.2. The Morgan fingerprint density at radius 2 is 1.76 bits per heavy atom. The molecule has 0 aliphatic rings. The number of non-ortho nitro benzene ring substituents is 1. The molecule has 1 amide bonds. The predicted molar refractivity (Wildman–Crippen MR) is 96.9 cm³/mol. The van der Waals surface area contributed by atoms with Crippen molar-refractivity contribution < 1.29 is 14.5 Å². The number of halogens is 2. The lowest BCUT2D eigenvalue weighted by molar-refractivity contribution is -0.384. The van der Waals surface area contributed by atoms with Gasteiger partial charge in [-0.05, 0) is 24.3 Å². The van der Waals surface area contributed by atoms with E-state index in [1.807, 2.05) is 0 Å². The van der Waals surface area contributed by atoms with Crippen LogP contribution in [0.2, 0.25) is 10.0 Å². The van der Waals surface area contributed by atoms with E-state index in [4.69, 9.17) is 27.9 Å². The number of carbonyl (C=O) groups is 1. The number of hydrogen-bond acceptors (Lipinski definition) is 5. The van der Waals surface area contributed by atoms with Crippen molar-refractivity contribution in [2.24, 2.45) is 0 Å². The highest BCUT2D eigenvalue weighted by Crippen LogP contribution is 2.33. The minimum atomic E-state index is -0.463. The fraction of sp³-hybridized carbons (Fsp3) is 0.188. The van der Waals surface area contributed by atoms with E-state index < -0.39 is 4.92 Å². The number of nitrogens with one attached hydrogen (secondary N) is 2. The quantitative estimate of drug-likeness (QED) is 0.431. The summed E-state index contributed by atoms with van der Waals surface area (Å²) in [6, 6.07) is 8.97. The number of anilines is 1. The number of rotatable bonds is 7. The average Bonchev–Trinajstić information content (AvgIpc) is 2.58. The Kier molecular flexibility index (Phi) is 6.44. The number of benzene rings is 2. The number of carbonyl (C=O) groups excluding carboxylic acids is 1. The van der Waals surface area contributed by atoms with E-state index >= 15 is 0 Å². The Morgan fingerprint density at radius 1 is 1.16 bits per heavy atom. The Bertz CT molecular complexity index is 758. The van der Waals surface area contributed by atoms with Gasteiger partial charge in [-0.3, -0.25) is 14.9 Å². The Balaban J connectivity index is 1.85. The summed E-state index contributed by atoms with van der Waals surface area (Å²) in [5.74, 6) is -0.00308. The average molecular weight is 384 g/mol. The highest BCUT2D eigenvalue weighted by molar-refractivity contribution is 6.37. The summed E-state index contributed by atoms with van der Waals surface area (Å²) in [5, 5.41) is 16.9. The number of nitro groups is 1. The fourth-order valence-corrected chi connectivity index (χ4v) is 2.71.